The molecule has 0 saturated carbocycles. The van der Waals surface area contributed by atoms with Crippen LogP contribution in [0.4, 0.5) is 0 Å². The topological polar surface area (TPSA) is 93.6 Å². The Morgan fingerprint density at radius 1 is 0.943 bits per heavy atom. The van der Waals surface area contributed by atoms with E-state index in [-0.39, 0.29) is 28.5 Å². The average Bonchev–Trinajstić information content (AvgIpc) is 3.27. The molecule has 2 N–H and O–H groups in total. The number of phenols is 2. The van der Waals surface area contributed by atoms with Crippen molar-refractivity contribution in [3.05, 3.63) is 52.6 Å². The molecule has 35 heavy (non-hydrogen) atoms. The molecule has 1 aliphatic heterocycles. The predicted octanol–water partition coefficient (Wildman–Crippen LogP) is 3.85. The summed E-state index contributed by atoms with van der Waals surface area (Å²) in [6, 6.07) is 8.20. The third kappa shape index (κ3) is 6.45. The zero-order valence-corrected chi connectivity index (χ0v) is 21.2. The quantitative estimate of drug-likeness (QED) is 0.472. The summed E-state index contributed by atoms with van der Waals surface area (Å²) in [5, 5.41) is 20.7. The second-order valence-electron chi connectivity index (χ2n) is 9.16. The normalized spacial score (nSPS) is 12.7. The molecule has 0 fully saturated rings. The van der Waals surface area contributed by atoms with E-state index < -0.39 is 5.91 Å². The van der Waals surface area contributed by atoms with Crippen molar-refractivity contribution in [3.63, 3.8) is 0 Å². The Hall–Kier alpha value is -3.26. The maximum Gasteiger partial charge on any atom is 0.258 e. The number of rotatable bonds is 11. The van der Waals surface area contributed by atoms with Crippen LogP contribution in [0.2, 0.25) is 0 Å². The molecule has 1 aliphatic rings. The van der Waals surface area contributed by atoms with Gasteiger partial charge in [0.15, 0.2) is 0 Å². The molecule has 8 nitrogen and oxygen atoms in total. The van der Waals surface area contributed by atoms with E-state index in [0.29, 0.717) is 26.2 Å². The lowest BCUT2D eigenvalue weighted by molar-refractivity contribution is 0.0748. The number of hydrogen-bond acceptors (Lipinski definition) is 6. The highest BCUT2D eigenvalue weighted by molar-refractivity contribution is 6.03. The van der Waals surface area contributed by atoms with Crippen LogP contribution in [-0.2, 0) is 13.1 Å². The van der Waals surface area contributed by atoms with E-state index in [1.807, 2.05) is 25.1 Å². The molecular formula is C27H37N3O5. The van der Waals surface area contributed by atoms with Crippen LogP contribution >= 0.6 is 0 Å². The van der Waals surface area contributed by atoms with Gasteiger partial charge >= 0.3 is 0 Å². The highest BCUT2D eigenvalue weighted by Crippen LogP contribution is 2.33. The van der Waals surface area contributed by atoms with Gasteiger partial charge in [0.05, 0.1) is 17.7 Å². The minimum atomic E-state index is -0.394. The lowest BCUT2D eigenvalue weighted by atomic mass is 10.1. The van der Waals surface area contributed by atoms with Crippen LogP contribution in [0, 0.1) is 0 Å². The number of hydrogen-bond donors (Lipinski definition) is 2. The Morgan fingerprint density at radius 3 is 2.37 bits per heavy atom. The summed E-state index contributed by atoms with van der Waals surface area (Å²) in [7, 11) is 3.74. The Balaban J connectivity index is 1.69. The number of amides is 2. The molecule has 0 radical (unpaired) electrons. The monoisotopic (exact) mass is 483 g/mol. The molecule has 0 spiro atoms. The molecule has 2 amide bonds. The van der Waals surface area contributed by atoms with Crippen molar-refractivity contribution in [1.82, 2.24) is 14.7 Å². The molecular weight excluding hydrogens is 446 g/mol. The van der Waals surface area contributed by atoms with Gasteiger partial charge in [-0.25, -0.2) is 0 Å². The van der Waals surface area contributed by atoms with Crippen molar-refractivity contribution in [2.45, 2.75) is 46.2 Å². The molecule has 190 valence electrons. The molecule has 0 saturated heterocycles. The van der Waals surface area contributed by atoms with E-state index in [1.165, 1.54) is 11.0 Å². The number of benzene rings is 2. The molecule has 0 bridgehead atoms. The van der Waals surface area contributed by atoms with Crippen molar-refractivity contribution >= 4 is 11.8 Å². The van der Waals surface area contributed by atoms with Crippen molar-refractivity contribution in [3.8, 4) is 17.2 Å². The number of ether oxygens (including phenoxy) is 1. The van der Waals surface area contributed by atoms with Gasteiger partial charge in [0.1, 0.15) is 17.2 Å². The van der Waals surface area contributed by atoms with Gasteiger partial charge in [-0.05, 0) is 55.8 Å². The van der Waals surface area contributed by atoms with Gasteiger partial charge in [-0.1, -0.05) is 26.3 Å². The SMILES string of the molecule is CCCCN(C)C(=O)c1cc(C(=O)N2Cc3ccc(OCCCN(C)CC)cc3C2)c(O)cc1O. The Kier molecular flexibility index (Phi) is 8.98. The maximum absolute atomic E-state index is 13.3. The summed E-state index contributed by atoms with van der Waals surface area (Å²) < 4.78 is 5.89. The molecule has 0 unspecified atom stereocenters. The largest absolute Gasteiger partial charge is 0.507 e. The van der Waals surface area contributed by atoms with Crippen LogP contribution < -0.4 is 4.74 Å². The highest BCUT2D eigenvalue weighted by Gasteiger charge is 2.28. The van der Waals surface area contributed by atoms with Crippen molar-refractivity contribution in [1.29, 1.82) is 0 Å². The van der Waals surface area contributed by atoms with Crippen molar-refractivity contribution in [2.75, 3.05) is 40.3 Å². The third-order valence-corrected chi connectivity index (χ3v) is 6.45. The number of carbonyl (C=O) groups is 2. The number of nitrogens with zero attached hydrogens (tertiary/aromatic N) is 3. The van der Waals surface area contributed by atoms with E-state index in [2.05, 4.69) is 18.9 Å². The van der Waals surface area contributed by atoms with Gasteiger partial charge in [-0.3, -0.25) is 9.59 Å². The Morgan fingerprint density at radius 2 is 1.66 bits per heavy atom. The first-order valence-electron chi connectivity index (χ1n) is 12.3. The number of fused-ring (bicyclic) bond motifs is 1. The first-order chi connectivity index (χ1) is 16.7. The van der Waals surface area contributed by atoms with E-state index in [9.17, 15) is 19.8 Å². The minimum Gasteiger partial charge on any atom is -0.507 e. The molecule has 8 heteroatoms. The van der Waals surface area contributed by atoms with Crippen molar-refractivity contribution < 1.29 is 24.5 Å². The number of carbonyl (C=O) groups excluding carboxylic acids is 2. The smallest absolute Gasteiger partial charge is 0.258 e. The fourth-order valence-corrected chi connectivity index (χ4v) is 4.08. The van der Waals surface area contributed by atoms with Gasteiger partial charge in [0, 0.05) is 39.3 Å². The number of phenolic OH excluding ortho intramolecular Hbond substituents is 2. The van der Waals surface area contributed by atoms with Crippen LogP contribution in [0.25, 0.3) is 0 Å². The first-order valence-corrected chi connectivity index (χ1v) is 12.3. The van der Waals surface area contributed by atoms with Crippen molar-refractivity contribution in [2.24, 2.45) is 0 Å². The summed E-state index contributed by atoms with van der Waals surface area (Å²) in [5.74, 6) is -0.704. The van der Waals surface area contributed by atoms with E-state index in [1.54, 1.807) is 11.9 Å². The molecule has 0 atom stereocenters. The molecule has 0 aliphatic carbocycles. The summed E-state index contributed by atoms with van der Waals surface area (Å²) in [6.07, 6.45) is 2.70. The predicted molar refractivity (Wildman–Crippen MR) is 135 cm³/mol. The lowest BCUT2D eigenvalue weighted by Crippen LogP contribution is -2.29. The molecule has 0 aromatic heterocycles. The summed E-state index contributed by atoms with van der Waals surface area (Å²) in [5.41, 5.74) is 2.02. The fourth-order valence-electron chi connectivity index (χ4n) is 4.08. The molecule has 1 heterocycles. The maximum atomic E-state index is 13.3. The van der Waals surface area contributed by atoms with Gasteiger partial charge < -0.3 is 29.6 Å². The standard InChI is InChI=1S/C27H37N3O5/c1-5-7-12-29(4)26(33)22-15-23(25(32)16-24(22)31)27(34)30-17-19-9-10-21(14-20(19)18-30)35-13-8-11-28(3)6-2/h9-10,14-16,31-32H,5-8,11-13,17-18H2,1-4H3. The lowest BCUT2D eigenvalue weighted by Gasteiger charge is -2.20. The van der Waals surface area contributed by atoms with Crippen LogP contribution in [0.1, 0.15) is 65.0 Å². The first kappa shape index (κ1) is 26.3. The molecule has 2 aromatic carbocycles. The molecule has 3 rings (SSSR count). The molecule has 2 aromatic rings. The number of aromatic hydroxyl groups is 2. The Bertz CT molecular complexity index is 1060. The van der Waals surface area contributed by atoms with E-state index in [4.69, 9.17) is 4.74 Å². The van der Waals surface area contributed by atoms with Gasteiger partial charge in [0.2, 0.25) is 0 Å². The number of unbranched alkanes of at least 4 members (excludes halogenated alkanes) is 1. The van der Waals surface area contributed by atoms with E-state index in [0.717, 1.165) is 55.3 Å². The van der Waals surface area contributed by atoms with Crippen LogP contribution in [0.5, 0.6) is 17.2 Å². The van der Waals surface area contributed by atoms with Gasteiger partial charge in [-0.15, -0.1) is 0 Å². The summed E-state index contributed by atoms with van der Waals surface area (Å²) >= 11 is 0. The average molecular weight is 484 g/mol. The third-order valence-electron chi connectivity index (χ3n) is 6.45. The van der Waals surface area contributed by atoms with Gasteiger partial charge in [0.25, 0.3) is 11.8 Å². The fraction of sp³-hybridized carbons (Fsp3) is 0.481. The van der Waals surface area contributed by atoms with Crippen LogP contribution in [0.3, 0.4) is 0 Å². The van der Waals surface area contributed by atoms with E-state index >= 15 is 0 Å². The van der Waals surface area contributed by atoms with Gasteiger partial charge in [-0.2, -0.15) is 0 Å². The second kappa shape index (κ2) is 11.9. The minimum absolute atomic E-state index is 0.000588. The van der Waals surface area contributed by atoms with Crippen LogP contribution in [0.15, 0.2) is 30.3 Å². The zero-order valence-electron chi connectivity index (χ0n) is 21.2. The Labute approximate surface area is 207 Å². The highest BCUT2D eigenvalue weighted by atomic mass is 16.5. The summed E-state index contributed by atoms with van der Waals surface area (Å²) in [6.45, 7) is 8.07. The second-order valence-corrected chi connectivity index (χ2v) is 9.16. The summed E-state index contributed by atoms with van der Waals surface area (Å²) in [4.78, 5) is 31.4. The zero-order chi connectivity index (χ0) is 25.5. The van der Waals surface area contributed by atoms with Crippen LogP contribution in [-0.4, -0.2) is 77.1 Å².